The monoisotopic (exact) mass is 365 g/mol. The number of anilines is 1. The predicted octanol–water partition coefficient (Wildman–Crippen LogP) is 3.23. The summed E-state index contributed by atoms with van der Waals surface area (Å²) in [4.78, 5) is 23.7. The first-order valence-corrected chi connectivity index (χ1v) is 7.62. The molecule has 5 nitrogen and oxygen atoms in total. The van der Waals surface area contributed by atoms with E-state index in [-0.39, 0.29) is 11.8 Å². The Labute approximate surface area is 134 Å². The molecule has 7 heteroatoms. The van der Waals surface area contributed by atoms with Crippen LogP contribution in [-0.4, -0.2) is 18.0 Å². The number of carbonyl (C=O) groups excluding carboxylic acids is 2. The van der Waals surface area contributed by atoms with Gasteiger partial charge in [0.15, 0.2) is 0 Å². The van der Waals surface area contributed by atoms with Crippen LogP contribution in [0.2, 0.25) is 0 Å². The number of carbonyl (C=O) groups is 2. The summed E-state index contributed by atoms with van der Waals surface area (Å²) >= 11 is 4.87. The van der Waals surface area contributed by atoms with Crippen molar-refractivity contribution in [2.24, 2.45) is 5.10 Å². The van der Waals surface area contributed by atoms with E-state index >= 15 is 0 Å². The summed E-state index contributed by atoms with van der Waals surface area (Å²) < 4.78 is 1.00. The Morgan fingerprint density at radius 1 is 1.19 bits per heavy atom. The quantitative estimate of drug-likeness (QED) is 0.644. The van der Waals surface area contributed by atoms with Gasteiger partial charge in [-0.3, -0.25) is 9.59 Å². The normalized spacial score (nSPS) is 10.6. The average molecular weight is 366 g/mol. The number of hydrogen-bond donors (Lipinski definition) is 2. The van der Waals surface area contributed by atoms with Crippen LogP contribution < -0.4 is 10.7 Å². The second-order valence-electron chi connectivity index (χ2n) is 4.10. The molecule has 2 N–H and O–H groups in total. The van der Waals surface area contributed by atoms with Crippen LogP contribution in [0.3, 0.4) is 0 Å². The second kappa shape index (κ2) is 7.14. The van der Waals surface area contributed by atoms with Crippen LogP contribution in [-0.2, 0) is 4.79 Å². The van der Waals surface area contributed by atoms with Crippen molar-refractivity contribution >= 4 is 51.0 Å². The molecule has 0 radical (unpaired) electrons. The van der Waals surface area contributed by atoms with Gasteiger partial charge in [0.05, 0.1) is 10.0 Å². The number of benzene rings is 1. The predicted molar refractivity (Wildman–Crippen MR) is 87.8 cm³/mol. The zero-order chi connectivity index (χ0) is 15.2. The minimum Gasteiger partial charge on any atom is -0.326 e. The van der Waals surface area contributed by atoms with Gasteiger partial charge < -0.3 is 5.32 Å². The molecule has 0 aliphatic heterocycles. The van der Waals surface area contributed by atoms with E-state index in [1.807, 2.05) is 12.1 Å². The molecule has 0 aliphatic rings. The largest absolute Gasteiger partial charge is 0.326 e. The Morgan fingerprint density at radius 2 is 1.90 bits per heavy atom. The maximum Gasteiger partial charge on any atom is 0.271 e. The molecule has 0 spiro atoms. The lowest BCUT2D eigenvalue weighted by molar-refractivity contribution is -0.114. The first-order valence-electron chi connectivity index (χ1n) is 6.01. The summed E-state index contributed by atoms with van der Waals surface area (Å²) in [5, 5.41) is 6.53. The summed E-state index contributed by atoms with van der Waals surface area (Å²) in [5.74, 6) is -0.463. The van der Waals surface area contributed by atoms with Crippen LogP contribution in [0, 0.1) is 0 Å². The van der Waals surface area contributed by atoms with Crippen molar-refractivity contribution in [3.8, 4) is 0 Å². The number of thiophene rings is 1. The molecule has 2 amide bonds. The summed E-state index contributed by atoms with van der Waals surface area (Å²) in [6.07, 6.45) is 1.58. The van der Waals surface area contributed by atoms with Crippen molar-refractivity contribution in [3.05, 3.63) is 50.6 Å². The van der Waals surface area contributed by atoms with Crippen LogP contribution in [0.1, 0.15) is 22.2 Å². The Balaban J connectivity index is 1.94. The first kappa shape index (κ1) is 15.4. The summed E-state index contributed by atoms with van der Waals surface area (Å²) in [6, 6.07) is 10.4. The van der Waals surface area contributed by atoms with Gasteiger partial charge >= 0.3 is 0 Å². The highest BCUT2D eigenvalue weighted by Crippen LogP contribution is 2.20. The van der Waals surface area contributed by atoms with Gasteiger partial charge in [-0.25, -0.2) is 5.43 Å². The lowest BCUT2D eigenvalue weighted by Gasteiger charge is -2.03. The standard InChI is InChI=1S/C14H12BrN3O2S/c1-9(19)17-11-4-2-10(3-5-11)14(20)18-16-8-12-6-7-13(15)21-12/h2-8H,1H3,(H,17,19)(H,18,20). The second-order valence-corrected chi connectivity index (χ2v) is 6.59. The Hall–Kier alpha value is -1.99. The molecule has 108 valence electrons. The fourth-order valence-electron chi connectivity index (χ4n) is 1.52. The third-order valence-corrected chi connectivity index (χ3v) is 3.98. The molecule has 1 aromatic carbocycles. The van der Waals surface area contributed by atoms with Crippen molar-refractivity contribution in [3.63, 3.8) is 0 Å². The molecule has 0 bridgehead atoms. The molecule has 1 heterocycles. The fourth-order valence-corrected chi connectivity index (χ4v) is 2.82. The number of halogens is 1. The van der Waals surface area contributed by atoms with Gasteiger partial charge in [-0.2, -0.15) is 5.10 Å². The maximum atomic E-state index is 11.9. The molecule has 2 rings (SSSR count). The Bertz CT molecular complexity index is 680. The summed E-state index contributed by atoms with van der Waals surface area (Å²) in [7, 11) is 0. The Morgan fingerprint density at radius 3 is 2.48 bits per heavy atom. The number of hydrogen-bond acceptors (Lipinski definition) is 4. The Kier molecular flexibility index (Phi) is 5.24. The molecule has 0 atom stereocenters. The molecular formula is C14H12BrN3O2S. The highest BCUT2D eigenvalue weighted by molar-refractivity contribution is 9.11. The van der Waals surface area contributed by atoms with Crippen LogP contribution in [0.25, 0.3) is 0 Å². The average Bonchev–Trinajstić information content (AvgIpc) is 2.84. The zero-order valence-corrected chi connectivity index (χ0v) is 13.5. The van der Waals surface area contributed by atoms with E-state index in [1.165, 1.54) is 18.3 Å². The number of rotatable bonds is 4. The van der Waals surface area contributed by atoms with Crippen molar-refractivity contribution in [2.75, 3.05) is 5.32 Å². The van der Waals surface area contributed by atoms with E-state index < -0.39 is 0 Å². The van der Waals surface area contributed by atoms with E-state index in [9.17, 15) is 9.59 Å². The third-order valence-electron chi connectivity index (χ3n) is 2.42. The minimum absolute atomic E-state index is 0.154. The van der Waals surface area contributed by atoms with Crippen molar-refractivity contribution in [2.45, 2.75) is 6.92 Å². The van der Waals surface area contributed by atoms with Crippen LogP contribution in [0.15, 0.2) is 45.3 Å². The SMILES string of the molecule is CC(=O)Nc1ccc(C(=O)NN=Cc2ccc(Br)s2)cc1. The number of nitrogens with zero attached hydrogens (tertiary/aromatic N) is 1. The highest BCUT2D eigenvalue weighted by Gasteiger charge is 2.04. The molecular weight excluding hydrogens is 354 g/mol. The minimum atomic E-state index is -0.309. The number of amides is 2. The van der Waals surface area contributed by atoms with Crippen molar-refractivity contribution < 1.29 is 9.59 Å². The summed E-state index contributed by atoms with van der Waals surface area (Å²) in [6.45, 7) is 1.43. The molecule has 0 aliphatic carbocycles. The lowest BCUT2D eigenvalue weighted by Crippen LogP contribution is -2.17. The molecule has 1 aromatic heterocycles. The van der Waals surface area contributed by atoms with Gasteiger partial charge in [0.2, 0.25) is 5.91 Å². The van der Waals surface area contributed by atoms with Crippen LogP contribution in [0.4, 0.5) is 5.69 Å². The molecule has 0 unspecified atom stereocenters. The van der Waals surface area contributed by atoms with Crippen LogP contribution >= 0.6 is 27.3 Å². The lowest BCUT2D eigenvalue weighted by atomic mass is 10.2. The van der Waals surface area contributed by atoms with E-state index in [1.54, 1.807) is 30.5 Å². The topological polar surface area (TPSA) is 70.6 Å². The van der Waals surface area contributed by atoms with Gasteiger partial charge in [-0.05, 0) is 52.3 Å². The summed E-state index contributed by atoms with van der Waals surface area (Å²) in [5.41, 5.74) is 3.56. The van der Waals surface area contributed by atoms with Gasteiger partial charge in [0.25, 0.3) is 5.91 Å². The molecule has 21 heavy (non-hydrogen) atoms. The first-order chi connectivity index (χ1) is 10.0. The zero-order valence-electron chi connectivity index (χ0n) is 11.1. The fraction of sp³-hybridized carbons (Fsp3) is 0.0714. The van der Waals surface area contributed by atoms with Gasteiger partial charge in [0.1, 0.15) is 0 Å². The maximum absolute atomic E-state index is 11.9. The molecule has 0 saturated carbocycles. The van der Waals surface area contributed by atoms with Gasteiger partial charge in [-0.1, -0.05) is 0 Å². The van der Waals surface area contributed by atoms with Crippen LogP contribution in [0.5, 0.6) is 0 Å². The van der Waals surface area contributed by atoms with Gasteiger partial charge in [-0.15, -0.1) is 11.3 Å². The molecule has 0 fully saturated rings. The van der Waals surface area contributed by atoms with Gasteiger partial charge in [0, 0.05) is 23.1 Å². The highest BCUT2D eigenvalue weighted by atomic mass is 79.9. The van der Waals surface area contributed by atoms with Crippen molar-refractivity contribution in [1.29, 1.82) is 0 Å². The molecule has 2 aromatic rings. The van der Waals surface area contributed by atoms with E-state index in [4.69, 9.17) is 0 Å². The van der Waals surface area contributed by atoms with Crippen molar-refractivity contribution in [1.82, 2.24) is 5.43 Å². The van der Waals surface area contributed by atoms with E-state index in [0.717, 1.165) is 8.66 Å². The van der Waals surface area contributed by atoms with E-state index in [0.29, 0.717) is 11.3 Å². The third kappa shape index (κ3) is 4.80. The van der Waals surface area contributed by atoms with E-state index in [2.05, 4.69) is 31.8 Å². The molecule has 0 saturated heterocycles. The number of nitrogens with one attached hydrogen (secondary N) is 2. The smallest absolute Gasteiger partial charge is 0.271 e. The number of hydrazone groups is 1.